The summed E-state index contributed by atoms with van der Waals surface area (Å²) in [5.74, 6) is -0.287. The molecular formula is C11H14BrFN2. The summed E-state index contributed by atoms with van der Waals surface area (Å²) in [6, 6.07) is 3.43. The fourth-order valence-electron chi connectivity index (χ4n) is 1.59. The van der Waals surface area contributed by atoms with E-state index in [0.717, 1.165) is 6.42 Å². The highest BCUT2D eigenvalue weighted by atomic mass is 79.9. The zero-order valence-corrected chi connectivity index (χ0v) is 10.4. The van der Waals surface area contributed by atoms with E-state index in [9.17, 15) is 4.39 Å². The highest BCUT2D eigenvalue weighted by molar-refractivity contribution is 9.10. The van der Waals surface area contributed by atoms with Crippen molar-refractivity contribution in [2.45, 2.75) is 26.3 Å². The van der Waals surface area contributed by atoms with E-state index < -0.39 is 0 Å². The molecule has 1 aromatic carbocycles. The molecule has 4 heteroatoms. The van der Waals surface area contributed by atoms with Gasteiger partial charge in [-0.25, -0.2) is 4.39 Å². The van der Waals surface area contributed by atoms with E-state index in [1.165, 1.54) is 6.07 Å². The molecule has 0 aliphatic heterocycles. The van der Waals surface area contributed by atoms with Crippen molar-refractivity contribution >= 4 is 27.3 Å². The van der Waals surface area contributed by atoms with Gasteiger partial charge >= 0.3 is 0 Å². The minimum absolute atomic E-state index is 0.287. The average molecular weight is 273 g/mol. The van der Waals surface area contributed by atoms with Crippen LogP contribution in [0.3, 0.4) is 0 Å². The average Bonchev–Trinajstić information content (AvgIpc) is 2.70. The molecule has 82 valence electrons. The molecule has 0 heterocycles. The lowest BCUT2D eigenvalue weighted by atomic mass is 10.2. The van der Waals surface area contributed by atoms with Crippen LogP contribution in [-0.4, -0.2) is 6.04 Å². The number of benzene rings is 1. The molecule has 1 atom stereocenters. The number of halogens is 2. The summed E-state index contributed by atoms with van der Waals surface area (Å²) in [6.07, 6.45) is 1.10. The van der Waals surface area contributed by atoms with Gasteiger partial charge in [0.1, 0.15) is 5.82 Å². The van der Waals surface area contributed by atoms with Gasteiger partial charge in [-0.3, -0.25) is 0 Å². The highest BCUT2D eigenvalue weighted by Gasteiger charge is 2.45. The van der Waals surface area contributed by atoms with Crippen LogP contribution in [0.2, 0.25) is 0 Å². The molecule has 0 amide bonds. The minimum atomic E-state index is -0.287. The van der Waals surface area contributed by atoms with Crippen LogP contribution in [0.5, 0.6) is 0 Å². The van der Waals surface area contributed by atoms with Crippen LogP contribution in [-0.2, 0) is 0 Å². The van der Waals surface area contributed by atoms with Gasteiger partial charge in [0.15, 0.2) is 0 Å². The molecule has 0 saturated heterocycles. The predicted molar refractivity (Wildman–Crippen MR) is 64.3 cm³/mol. The van der Waals surface area contributed by atoms with Gasteiger partial charge in [-0.05, 0) is 33.8 Å². The van der Waals surface area contributed by atoms with Gasteiger partial charge in [-0.15, -0.1) is 0 Å². The van der Waals surface area contributed by atoms with E-state index in [1.807, 2.05) is 0 Å². The van der Waals surface area contributed by atoms with Crippen molar-refractivity contribution in [2.75, 3.05) is 11.1 Å². The number of nitrogens with one attached hydrogen (secondary N) is 1. The second kappa shape index (κ2) is 3.37. The number of nitrogen functional groups attached to an aromatic ring is 1. The lowest BCUT2D eigenvalue weighted by Gasteiger charge is -2.11. The Bertz CT molecular complexity index is 404. The Labute approximate surface area is 97.2 Å². The van der Waals surface area contributed by atoms with E-state index >= 15 is 0 Å². The van der Waals surface area contributed by atoms with E-state index in [0.29, 0.717) is 27.3 Å². The number of nitrogens with two attached hydrogens (primary N) is 1. The third kappa shape index (κ3) is 2.09. The first-order chi connectivity index (χ1) is 6.90. The lowest BCUT2D eigenvalue weighted by Crippen LogP contribution is -2.10. The predicted octanol–water partition coefficient (Wildman–Crippen LogP) is 3.38. The second-order valence-corrected chi connectivity index (χ2v) is 5.60. The van der Waals surface area contributed by atoms with Crippen molar-refractivity contribution in [1.29, 1.82) is 0 Å². The zero-order chi connectivity index (χ0) is 11.2. The molecule has 2 nitrogen and oxygen atoms in total. The molecule has 1 unspecified atom stereocenters. The Hall–Kier alpha value is -0.770. The van der Waals surface area contributed by atoms with Crippen LogP contribution in [0.1, 0.15) is 20.3 Å². The fourth-order valence-corrected chi connectivity index (χ4v) is 1.95. The maximum atomic E-state index is 13.3. The molecular weight excluding hydrogens is 259 g/mol. The number of anilines is 2. The summed E-state index contributed by atoms with van der Waals surface area (Å²) in [5.41, 5.74) is 7.36. The van der Waals surface area contributed by atoms with Crippen LogP contribution >= 0.6 is 15.9 Å². The van der Waals surface area contributed by atoms with Crippen molar-refractivity contribution in [3.8, 4) is 0 Å². The summed E-state index contributed by atoms with van der Waals surface area (Å²) in [4.78, 5) is 0. The largest absolute Gasteiger partial charge is 0.397 e. The zero-order valence-electron chi connectivity index (χ0n) is 8.77. The first-order valence-electron chi connectivity index (χ1n) is 4.91. The van der Waals surface area contributed by atoms with Gasteiger partial charge in [0.2, 0.25) is 0 Å². The molecule has 1 fully saturated rings. The summed E-state index contributed by atoms with van der Waals surface area (Å²) < 4.78 is 13.7. The van der Waals surface area contributed by atoms with Crippen molar-refractivity contribution in [2.24, 2.45) is 5.41 Å². The highest BCUT2D eigenvalue weighted by Crippen LogP contribution is 2.47. The van der Waals surface area contributed by atoms with Gasteiger partial charge < -0.3 is 11.1 Å². The van der Waals surface area contributed by atoms with Crippen molar-refractivity contribution in [1.82, 2.24) is 0 Å². The van der Waals surface area contributed by atoms with Gasteiger partial charge in [-0.1, -0.05) is 13.8 Å². The molecule has 15 heavy (non-hydrogen) atoms. The number of hydrogen-bond acceptors (Lipinski definition) is 2. The molecule has 0 bridgehead atoms. The summed E-state index contributed by atoms with van der Waals surface area (Å²) >= 11 is 3.10. The van der Waals surface area contributed by atoms with Crippen LogP contribution in [0.15, 0.2) is 16.6 Å². The molecule has 1 aliphatic carbocycles. The van der Waals surface area contributed by atoms with Gasteiger partial charge in [0.05, 0.1) is 15.8 Å². The van der Waals surface area contributed by atoms with E-state index in [1.54, 1.807) is 6.07 Å². The van der Waals surface area contributed by atoms with Crippen molar-refractivity contribution in [3.05, 3.63) is 22.4 Å². The molecule has 0 aromatic heterocycles. The SMILES string of the molecule is CC1(C)CC1Nc1cc(F)c(Br)cc1N. The molecule has 1 saturated carbocycles. The van der Waals surface area contributed by atoms with E-state index in [2.05, 4.69) is 35.1 Å². The summed E-state index contributed by atoms with van der Waals surface area (Å²) in [6.45, 7) is 4.35. The quantitative estimate of drug-likeness (QED) is 0.811. The fraction of sp³-hybridized carbons (Fsp3) is 0.455. The Morgan fingerprint density at radius 1 is 1.53 bits per heavy atom. The molecule has 3 N–H and O–H groups in total. The lowest BCUT2D eigenvalue weighted by molar-refractivity contribution is 0.618. The third-order valence-electron chi connectivity index (χ3n) is 2.94. The Morgan fingerprint density at radius 2 is 2.13 bits per heavy atom. The standard InChI is InChI=1S/C11H14BrFN2/c1-11(2)5-10(11)15-9-4-7(13)6(12)3-8(9)14/h3-4,10,15H,5,14H2,1-2H3. The van der Waals surface area contributed by atoms with E-state index in [-0.39, 0.29) is 5.82 Å². The summed E-state index contributed by atoms with van der Waals surface area (Å²) in [5, 5.41) is 3.26. The Balaban J connectivity index is 2.19. The van der Waals surface area contributed by atoms with Crippen molar-refractivity contribution in [3.63, 3.8) is 0 Å². The van der Waals surface area contributed by atoms with Gasteiger partial charge in [-0.2, -0.15) is 0 Å². The number of hydrogen-bond donors (Lipinski definition) is 2. The summed E-state index contributed by atoms with van der Waals surface area (Å²) in [7, 11) is 0. The van der Waals surface area contributed by atoms with Gasteiger partial charge in [0.25, 0.3) is 0 Å². The maximum Gasteiger partial charge on any atom is 0.139 e. The maximum absolute atomic E-state index is 13.3. The minimum Gasteiger partial charge on any atom is -0.397 e. The van der Waals surface area contributed by atoms with Crippen LogP contribution in [0.4, 0.5) is 15.8 Å². The van der Waals surface area contributed by atoms with Crippen LogP contribution in [0.25, 0.3) is 0 Å². The topological polar surface area (TPSA) is 38.0 Å². The van der Waals surface area contributed by atoms with Gasteiger partial charge in [0, 0.05) is 12.1 Å². The smallest absolute Gasteiger partial charge is 0.139 e. The second-order valence-electron chi connectivity index (χ2n) is 4.74. The normalized spacial score (nSPS) is 22.5. The monoisotopic (exact) mass is 272 g/mol. The first kappa shape index (κ1) is 10.7. The van der Waals surface area contributed by atoms with Crippen molar-refractivity contribution < 1.29 is 4.39 Å². The Kier molecular flexibility index (Phi) is 2.41. The molecule has 1 aliphatic rings. The third-order valence-corrected chi connectivity index (χ3v) is 3.54. The molecule has 1 aromatic rings. The molecule has 0 spiro atoms. The molecule has 2 rings (SSSR count). The van der Waals surface area contributed by atoms with Crippen LogP contribution < -0.4 is 11.1 Å². The van der Waals surface area contributed by atoms with Crippen LogP contribution in [0, 0.1) is 11.2 Å². The Morgan fingerprint density at radius 3 is 2.67 bits per heavy atom. The molecule has 0 radical (unpaired) electrons. The first-order valence-corrected chi connectivity index (χ1v) is 5.70. The van der Waals surface area contributed by atoms with E-state index in [4.69, 9.17) is 5.73 Å². The number of rotatable bonds is 2.